The zero-order valence-electron chi connectivity index (χ0n) is 16.1. The number of nitrogens with one attached hydrogen (secondary N) is 1. The Morgan fingerprint density at radius 3 is 3.00 bits per heavy atom. The van der Waals surface area contributed by atoms with Crippen LogP contribution in [0.4, 0.5) is 0 Å². The van der Waals surface area contributed by atoms with E-state index < -0.39 is 0 Å². The molecule has 0 saturated heterocycles. The first-order valence-corrected chi connectivity index (χ1v) is 10.1. The molecule has 0 fully saturated rings. The molecule has 5 nitrogen and oxygen atoms in total. The molecule has 2 atom stereocenters. The second-order valence-corrected chi connectivity index (χ2v) is 7.75. The largest absolute Gasteiger partial charge is 0.341 e. The molecule has 2 aromatic heterocycles. The van der Waals surface area contributed by atoms with Gasteiger partial charge in [0.25, 0.3) is 0 Å². The zero-order valence-corrected chi connectivity index (χ0v) is 16.1. The summed E-state index contributed by atoms with van der Waals surface area (Å²) >= 11 is 0. The molecule has 142 valence electrons. The van der Waals surface area contributed by atoms with E-state index in [1.54, 1.807) is 0 Å². The third-order valence-electron chi connectivity index (χ3n) is 5.50. The van der Waals surface area contributed by atoms with Crippen LogP contribution in [0.3, 0.4) is 0 Å². The van der Waals surface area contributed by atoms with Crippen LogP contribution < -0.4 is 5.73 Å². The van der Waals surface area contributed by atoms with E-state index in [4.69, 9.17) is 15.7 Å². The molecule has 0 amide bonds. The lowest BCUT2D eigenvalue weighted by Gasteiger charge is -2.34. The summed E-state index contributed by atoms with van der Waals surface area (Å²) in [4.78, 5) is 15.6. The highest BCUT2D eigenvalue weighted by atomic mass is 15.2. The fourth-order valence-electron chi connectivity index (χ4n) is 4.17. The third kappa shape index (κ3) is 4.20. The van der Waals surface area contributed by atoms with E-state index in [1.807, 2.05) is 18.3 Å². The Morgan fingerprint density at radius 2 is 2.15 bits per heavy atom. The molecule has 1 aromatic carbocycles. The molecule has 0 aliphatic heterocycles. The van der Waals surface area contributed by atoms with Gasteiger partial charge in [-0.1, -0.05) is 18.2 Å². The first kappa shape index (κ1) is 18.1. The number of benzene rings is 1. The normalized spacial score (nSPS) is 18.0. The number of rotatable bonds is 7. The predicted molar refractivity (Wildman–Crippen MR) is 109 cm³/mol. The van der Waals surface area contributed by atoms with Crippen molar-refractivity contribution in [3.8, 4) is 0 Å². The SMILES string of the molecule is CC(N)CCCN(Cc1nc2ccccc2[nH]1)C1CCCc2cccnc21. The Morgan fingerprint density at radius 1 is 1.26 bits per heavy atom. The van der Waals surface area contributed by atoms with Crippen LogP contribution >= 0.6 is 0 Å². The molecule has 2 unspecified atom stereocenters. The molecule has 0 radical (unpaired) electrons. The Hall–Kier alpha value is -2.24. The Kier molecular flexibility index (Phi) is 5.50. The average Bonchev–Trinajstić information content (AvgIpc) is 3.09. The van der Waals surface area contributed by atoms with Crippen LogP contribution in [0.1, 0.15) is 55.7 Å². The quantitative estimate of drug-likeness (QED) is 0.666. The number of fused-ring (bicyclic) bond motifs is 2. The molecular weight excluding hydrogens is 334 g/mol. The molecule has 4 rings (SSSR count). The molecule has 5 heteroatoms. The number of imidazole rings is 1. The Labute approximate surface area is 161 Å². The minimum absolute atomic E-state index is 0.245. The summed E-state index contributed by atoms with van der Waals surface area (Å²) in [6, 6.07) is 13.1. The summed E-state index contributed by atoms with van der Waals surface area (Å²) in [7, 11) is 0. The molecule has 1 aliphatic rings. The van der Waals surface area contributed by atoms with Gasteiger partial charge in [0.1, 0.15) is 5.82 Å². The lowest BCUT2D eigenvalue weighted by Crippen LogP contribution is -2.33. The van der Waals surface area contributed by atoms with Gasteiger partial charge < -0.3 is 10.7 Å². The van der Waals surface area contributed by atoms with Crippen molar-refractivity contribution in [1.82, 2.24) is 19.9 Å². The maximum absolute atomic E-state index is 5.99. The van der Waals surface area contributed by atoms with Gasteiger partial charge in [-0.3, -0.25) is 9.88 Å². The van der Waals surface area contributed by atoms with Crippen molar-refractivity contribution in [1.29, 1.82) is 0 Å². The van der Waals surface area contributed by atoms with Crippen LogP contribution in [-0.2, 0) is 13.0 Å². The molecule has 0 saturated carbocycles. The van der Waals surface area contributed by atoms with Gasteiger partial charge in [0.2, 0.25) is 0 Å². The minimum atomic E-state index is 0.245. The summed E-state index contributed by atoms with van der Waals surface area (Å²) in [5, 5.41) is 0. The number of hydrogen-bond donors (Lipinski definition) is 2. The Balaban J connectivity index is 1.59. The second-order valence-electron chi connectivity index (χ2n) is 7.75. The van der Waals surface area contributed by atoms with Crippen LogP contribution in [0.5, 0.6) is 0 Å². The maximum atomic E-state index is 5.99. The number of nitrogens with zero attached hydrogens (tertiary/aromatic N) is 3. The van der Waals surface area contributed by atoms with Crippen molar-refractivity contribution in [3.05, 3.63) is 59.7 Å². The van der Waals surface area contributed by atoms with Crippen molar-refractivity contribution >= 4 is 11.0 Å². The number of aromatic nitrogens is 3. The summed E-state index contributed by atoms with van der Waals surface area (Å²) < 4.78 is 0. The lowest BCUT2D eigenvalue weighted by atomic mass is 9.90. The maximum Gasteiger partial charge on any atom is 0.121 e. The van der Waals surface area contributed by atoms with E-state index in [1.165, 1.54) is 17.7 Å². The van der Waals surface area contributed by atoms with Gasteiger partial charge in [0.15, 0.2) is 0 Å². The molecule has 3 N–H and O–H groups in total. The topological polar surface area (TPSA) is 70.8 Å². The first-order chi connectivity index (χ1) is 13.2. The zero-order chi connectivity index (χ0) is 18.6. The van der Waals surface area contributed by atoms with Gasteiger partial charge >= 0.3 is 0 Å². The highest BCUT2D eigenvalue weighted by Crippen LogP contribution is 2.33. The molecule has 1 aliphatic carbocycles. The summed E-state index contributed by atoms with van der Waals surface area (Å²) in [5.41, 5.74) is 10.8. The summed E-state index contributed by atoms with van der Waals surface area (Å²) in [6.07, 6.45) is 7.57. The van der Waals surface area contributed by atoms with Gasteiger partial charge in [-0.05, 0) is 69.3 Å². The van der Waals surface area contributed by atoms with E-state index in [2.05, 4.69) is 41.1 Å². The third-order valence-corrected chi connectivity index (χ3v) is 5.50. The van der Waals surface area contributed by atoms with Gasteiger partial charge in [-0.25, -0.2) is 4.98 Å². The second kappa shape index (κ2) is 8.19. The van der Waals surface area contributed by atoms with Crippen molar-refractivity contribution in [2.45, 2.75) is 57.7 Å². The number of aromatic amines is 1. The first-order valence-electron chi connectivity index (χ1n) is 10.1. The molecule has 0 spiro atoms. The number of H-pyrrole nitrogens is 1. The highest BCUT2D eigenvalue weighted by molar-refractivity contribution is 5.74. The lowest BCUT2D eigenvalue weighted by molar-refractivity contribution is 0.158. The number of hydrogen-bond acceptors (Lipinski definition) is 4. The number of pyridine rings is 1. The van der Waals surface area contributed by atoms with Crippen molar-refractivity contribution in [2.75, 3.05) is 6.54 Å². The molecule has 3 aromatic rings. The van der Waals surface area contributed by atoms with Crippen molar-refractivity contribution in [3.63, 3.8) is 0 Å². The summed E-state index contributed by atoms with van der Waals surface area (Å²) in [6.45, 7) is 3.91. The monoisotopic (exact) mass is 363 g/mol. The van der Waals surface area contributed by atoms with Crippen molar-refractivity contribution in [2.24, 2.45) is 5.73 Å². The van der Waals surface area contributed by atoms with Crippen LogP contribution in [0.2, 0.25) is 0 Å². The van der Waals surface area contributed by atoms with Gasteiger partial charge in [0.05, 0.1) is 29.3 Å². The molecule has 2 heterocycles. The van der Waals surface area contributed by atoms with Crippen LogP contribution in [-0.4, -0.2) is 32.4 Å². The molecular formula is C22H29N5. The highest BCUT2D eigenvalue weighted by Gasteiger charge is 2.27. The van der Waals surface area contributed by atoms with Crippen LogP contribution in [0.25, 0.3) is 11.0 Å². The van der Waals surface area contributed by atoms with Gasteiger partial charge in [0, 0.05) is 12.2 Å². The summed E-state index contributed by atoms with van der Waals surface area (Å²) in [5.74, 6) is 1.03. The van der Waals surface area contributed by atoms with Gasteiger partial charge in [-0.15, -0.1) is 0 Å². The number of para-hydroxylation sites is 2. The number of nitrogens with two attached hydrogens (primary N) is 1. The van der Waals surface area contributed by atoms with Crippen LogP contribution in [0, 0.1) is 0 Å². The van der Waals surface area contributed by atoms with E-state index in [9.17, 15) is 0 Å². The average molecular weight is 364 g/mol. The van der Waals surface area contributed by atoms with E-state index in [0.29, 0.717) is 6.04 Å². The van der Waals surface area contributed by atoms with E-state index in [-0.39, 0.29) is 6.04 Å². The molecule has 0 bridgehead atoms. The standard InChI is InChI=1S/C22H29N5/c1-16(23)7-6-14-27(15-21-25-18-10-2-3-11-19(18)26-21)20-12-4-8-17-9-5-13-24-22(17)20/h2-3,5,9-11,13,16,20H,4,6-8,12,14-15,23H2,1H3,(H,25,26). The van der Waals surface area contributed by atoms with E-state index >= 15 is 0 Å². The van der Waals surface area contributed by atoms with Crippen LogP contribution in [0.15, 0.2) is 42.6 Å². The fraction of sp³-hybridized carbons (Fsp3) is 0.455. The fourth-order valence-corrected chi connectivity index (χ4v) is 4.17. The molecule has 27 heavy (non-hydrogen) atoms. The predicted octanol–water partition coefficient (Wildman–Crippen LogP) is 3.96. The van der Waals surface area contributed by atoms with Gasteiger partial charge in [-0.2, -0.15) is 0 Å². The smallest absolute Gasteiger partial charge is 0.121 e. The minimum Gasteiger partial charge on any atom is -0.341 e. The van der Waals surface area contributed by atoms with Crippen molar-refractivity contribution < 1.29 is 0 Å². The van der Waals surface area contributed by atoms with E-state index in [0.717, 1.165) is 55.6 Å². The Bertz CT molecular complexity index is 852. The number of aryl methyl sites for hydroxylation is 1.